The van der Waals surface area contributed by atoms with E-state index in [2.05, 4.69) is 6.07 Å². The lowest BCUT2D eigenvalue weighted by molar-refractivity contribution is -0.144. The van der Waals surface area contributed by atoms with E-state index in [1.165, 1.54) is 0 Å². The van der Waals surface area contributed by atoms with Gasteiger partial charge in [-0.2, -0.15) is 10.5 Å². The number of carboxylic acids is 1. The zero-order valence-corrected chi connectivity index (χ0v) is 20.9. The Balaban J connectivity index is 1.66. The van der Waals surface area contributed by atoms with Crippen LogP contribution >= 0.6 is 0 Å². The zero-order valence-electron chi connectivity index (χ0n) is 20.9. The smallest absolute Gasteiger partial charge is 0.320 e. The summed E-state index contributed by atoms with van der Waals surface area (Å²) in [6.45, 7) is 3.05. The monoisotopic (exact) mass is 491 g/mol. The van der Waals surface area contributed by atoms with Crippen LogP contribution in [0.1, 0.15) is 47.1 Å². The first-order valence-electron chi connectivity index (χ1n) is 12.4. The van der Waals surface area contributed by atoms with Gasteiger partial charge in [-0.15, -0.1) is 0 Å². The van der Waals surface area contributed by atoms with Gasteiger partial charge in [0.05, 0.1) is 5.56 Å². The van der Waals surface area contributed by atoms with Crippen molar-refractivity contribution in [3.63, 3.8) is 0 Å². The summed E-state index contributed by atoms with van der Waals surface area (Å²) in [6, 6.07) is 23.4. The molecule has 0 bridgehead atoms. The van der Waals surface area contributed by atoms with Crippen molar-refractivity contribution < 1.29 is 14.6 Å². The molecule has 3 aromatic rings. The highest BCUT2D eigenvalue weighted by Gasteiger charge is 2.29. The van der Waals surface area contributed by atoms with Crippen molar-refractivity contribution in [3.8, 4) is 29.0 Å². The summed E-state index contributed by atoms with van der Waals surface area (Å²) in [6.07, 6.45) is 6.37. The fourth-order valence-electron chi connectivity index (χ4n) is 4.86. The maximum atomic E-state index is 11.8. The summed E-state index contributed by atoms with van der Waals surface area (Å²) in [5.41, 5.74) is 6.04. The Morgan fingerprint density at radius 2 is 1.86 bits per heavy atom. The Labute approximate surface area is 217 Å². The molecule has 0 radical (unpaired) electrons. The minimum Gasteiger partial charge on any atom is -0.480 e. The second-order valence-corrected chi connectivity index (χ2v) is 9.16. The molecular weight excluding hydrogens is 462 g/mol. The molecular formula is C31H29N3O3. The van der Waals surface area contributed by atoms with Crippen molar-refractivity contribution in [1.82, 2.24) is 4.90 Å². The van der Waals surface area contributed by atoms with Crippen LogP contribution in [0.3, 0.4) is 0 Å². The van der Waals surface area contributed by atoms with Crippen LogP contribution in [0.2, 0.25) is 0 Å². The number of nitriles is 2. The van der Waals surface area contributed by atoms with E-state index in [-0.39, 0.29) is 6.61 Å². The maximum Gasteiger partial charge on any atom is 0.320 e. The van der Waals surface area contributed by atoms with Gasteiger partial charge in [0.25, 0.3) is 0 Å². The summed E-state index contributed by atoms with van der Waals surface area (Å²) in [7, 11) is 0. The van der Waals surface area contributed by atoms with Crippen LogP contribution in [0, 0.1) is 29.6 Å². The number of likely N-dealkylation sites (tertiary alicyclic amines) is 1. The average molecular weight is 492 g/mol. The standard InChI is InChI=1S/C31H29N3O3/c1-22-18-26(21-34-16-6-5-12-29(34)31(35)36)30(37-17-15-32)19-25(22)14-13-24-10-7-11-27(28(24)20-33)23-8-3-2-4-9-23/h2-4,7-11,13-14,18-19,29H,5-6,12,16-17,21H2,1H3,(H,35,36)/b14-13+. The minimum absolute atomic E-state index is 0.0979. The number of aliphatic carboxylic acids is 1. The van der Waals surface area contributed by atoms with E-state index >= 15 is 0 Å². The molecule has 1 fully saturated rings. The van der Waals surface area contributed by atoms with E-state index < -0.39 is 12.0 Å². The molecule has 37 heavy (non-hydrogen) atoms. The van der Waals surface area contributed by atoms with Crippen LogP contribution in [-0.4, -0.2) is 35.2 Å². The molecule has 1 aliphatic heterocycles. The molecule has 1 atom stereocenters. The highest BCUT2D eigenvalue weighted by Crippen LogP contribution is 2.30. The van der Waals surface area contributed by atoms with Crippen LogP contribution in [0.4, 0.5) is 0 Å². The molecule has 0 aliphatic carbocycles. The molecule has 0 saturated carbocycles. The first-order valence-corrected chi connectivity index (χ1v) is 12.4. The fraction of sp³-hybridized carbons (Fsp3) is 0.258. The fourth-order valence-corrected chi connectivity index (χ4v) is 4.86. The number of piperidine rings is 1. The molecule has 6 nitrogen and oxygen atoms in total. The summed E-state index contributed by atoms with van der Waals surface area (Å²) in [5, 5.41) is 28.7. The van der Waals surface area contributed by atoms with Crippen molar-refractivity contribution >= 4 is 18.1 Å². The van der Waals surface area contributed by atoms with Crippen LogP contribution in [0.15, 0.2) is 60.7 Å². The van der Waals surface area contributed by atoms with E-state index in [9.17, 15) is 15.2 Å². The predicted octanol–water partition coefficient (Wildman–Crippen LogP) is 6.05. The van der Waals surface area contributed by atoms with E-state index in [4.69, 9.17) is 10.00 Å². The molecule has 0 amide bonds. The number of carbonyl (C=O) groups is 1. The second kappa shape index (κ2) is 12.0. The van der Waals surface area contributed by atoms with Gasteiger partial charge in [-0.3, -0.25) is 9.69 Å². The number of hydrogen-bond acceptors (Lipinski definition) is 5. The molecule has 1 aliphatic rings. The van der Waals surface area contributed by atoms with E-state index in [1.807, 2.05) is 90.7 Å². The first-order chi connectivity index (χ1) is 18.0. The first kappa shape index (κ1) is 25.7. The van der Waals surface area contributed by atoms with Crippen LogP contribution in [0.25, 0.3) is 23.3 Å². The Hall–Kier alpha value is -4.39. The summed E-state index contributed by atoms with van der Waals surface area (Å²) in [5.74, 6) is -0.235. The maximum absolute atomic E-state index is 11.8. The van der Waals surface area contributed by atoms with E-state index in [1.54, 1.807) is 0 Å². The number of ether oxygens (including phenoxy) is 1. The molecule has 1 unspecified atom stereocenters. The number of nitrogens with zero attached hydrogens (tertiary/aromatic N) is 3. The topological polar surface area (TPSA) is 97.3 Å². The molecule has 6 heteroatoms. The third kappa shape index (κ3) is 6.06. The molecule has 0 aromatic heterocycles. The lowest BCUT2D eigenvalue weighted by atomic mass is 9.95. The molecule has 0 spiro atoms. The molecule has 4 rings (SSSR count). The molecule has 1 saturated heterocycles. The largest absolute Gasteiger partial charge is 0.480 e. The number of hydrogen-bond donors (Lipinski definition) is 1. The van der Waals surface area contributed by atoms with Crippen LogP contribution < -0.4 is 4.74 Å². The van der Waals surface area contributed by atoms with Crippen molar-refractivity contribution in [2.75, 3.05) is 13.2 Å². The van der Waals surface area contributed by atoms with Crippen LogP contribution in [0.5, 0.6) is 5.75 Å². The second-order valence-electron chi connectivity index (χ2n) is 9.16. The van der Waals surface area contributed by atoms with Gasteiger partial charge >= 0.3 is 5.97 Å². The predicted molar refractivity (Wildman–Crippen MR) is 143 cm³/mol. The molecule has 3 aromatic carbocycles. The highest BCUT2D eigenvalue weighted by atomic mass is 16.5. The zero-order chi connectivity index (χ0) is 26.2. The Bertz CT molecular complexity index is 1380. The van der Waals surface area contributed by atoms with Crippen molar-refractivity contribution in [2.24, 2.45) is 0 Å². The molecule has 1 heterocycles. The summed E-state index contributed by atoms with van der Waals surface area (Å²) >= 11 is 0. The third-order valence-corrected chi connectivity index (χ3v) is 6.75. The van der Waals surface area contributed by atoms with Crippen LogP contribution in [-0.2, 0) is 11.3 Å². The quantitative estimate of drug-likeness (QED) is 0.386. The summed E-state index contributed by atoms with van der Waals surface area (Å²) in [4.78, 5) is 13.7. The lowest BCUT2D eigenvalue weighted by Gasteiger charge is -2.33. The van der Waals surface area contributed by atoms with E-state index in [0.717, 1.165) is 46.2 Å². The molecule has 186 valence electrons. The molecule has 1 N–H and O–H groups in total. The van der Waals surface area contributed by atoms with Crippen molar-refractivity contribution in [1.29, 1.82) is 10.5 Å². The Morgan fingerprint density at radius 1 is 1.08 bits per heavy atom. The number of rotatable bonds is 8. The normalized spacial score (nSPS) is 15.7. The number of carboxylic acid groups (broad SMARTS) is 1. The number of aryl methyl sites for hydroxylation is 1. The highest BCUT2D eigenvalue weighted by molar-refractivity contribution is 5.81. The Morgan fingerprint density at radius 3 is 2.59 bits per heavy atom. The Kier molecular flexibility index (Phi) is 8.36. The SMILES string of the molecule is Cc1cc(CN2CCCCC2C(=O)O)c(OCC#N)cc1/C=C/c1cccc(-c2ccccc2)c1C#N. The summed E-state index contributed by atoms with van der Waals surface area (Å²) < 4.78 is 5.77. The van der Waals surface area contributed by atoms with Gasteiger partial charge in [-0.05, 0) is 54.6 Å². The van der Waals surface area contributed by atoms with Gasteiger partial charge in [-0.25, -0.2) is 0 Å². The van der Waals surface area contributed by atoms with Crippen molar-refractivity contribution in [3.05, 3.63) is 88.5 Å². The van der Waals surface area contributed by atoms with Gasteiger partial charge in [0.1, 0.15) is 23.9 Å². The van der Waals surface area contributed by atoms with Gasteiger partial charge in [-0.1, -0.05) is 73.2 Å². The van der Waals surface area contributed by atoms with Crippen molar-refractivity contribution in [2.45, 2.75) is 38.8 Å². The minimum atomic E-state index is -0.804. The van der Waals surface area contributed by atoms with Gasteiger partial charge in [0.2, 0.25) is 0 Å². The van der Waals surface area contributed by atoms with Gasteiger partial charge in [0.15, 0.2) is 6.61 Å². The number of benzene rings is 3. The average Bonchev–Trinajstić information content (AvgIpc) is 2.92. The third-order valence-electron chi connectivity index (χ3n) is 6.75. The van der Waals surface area contributed by atoms with Gasteiger partial charge in [0, 0.05) is 17.7 Å². The van der Waals surface area contributed by atoms with Gasteiger partial charge < -0.3 is 9.84 Å². The lowest BCUT2D eigenvalue weighted by Crippen LogP contribution is -2.44. The van der Waals surface area contributed by atoms with E-state index in [0.29, 0.717) is 30.8 Å².